The minimum Gasteiger partial charge on any atom is -0.171 e. The molecular weight excluding hydrogens is 201 g/mol. The Kier molecular flexibility index (Phi) is 7.03. The molecule has 1 atom stereocenters. The van der Waals surface area contributed by atoms with Crippen molar-refractivity contribution in [2.45, 2.75) is 65.5 Å². The van der Waals surface area contributed by atoms with Crippen molar-refractivity contribution in [2.24, 2.45) is 11.8 Å². The number of hydrogen-bond acceptors (Lipinski definition) is 0. The fourth-order valence-corrected chi connectivity index (χ4v) is 1.78. The minimum absolute atomic E-state index is 0.263. The van der Waals surface area contributed by atoms with Crippen molar-refractivity contribution in [3.8, 4) is 0 Å². The summed E-state index contributed by atoms with van der Waals surface area (Å²) in [5.74, 6) is 0.856. The van der Waals surface area contributed by atoms with Gasteiger partial charge in [-0.25, -0.2) is 0 Å². The van der Waals surface area contributed by atoms with E-state index < -0.39 is 12.6 Å². The molecule has 0 rings (SSSR count). The second kappa shape index (κ2) is 7.13. The van der Waals surface area contributed by atoms with Gasteiger partial charge in [-0.05, 0) is 18.3 Å². The van der Waals surface area contributed by atoms with E-state index in [0.717, 1.165) is 25.7 Å². The van der Waals surface area contributed by atoms with E-state index in [9.17, 15) is 13.2 Å². The van der Waals surface area contributed by atoms with Gasteiger partial charge in [-0.1, -0.05) is 46.5 Å². The molecule has 0 heterocycles. The molecule has 0 radical (unpaired) electrons. The Morgan fingerprint density at radius 1 is 0.933 bits per heavy atom. The molecule has 0 aliphatic rings. The number of hydrogen-bond donors (Lipinski definition) is 0. The number of rotatable bonds is 7. The first-order valence-electron chi connectivity index (χ1n) is 5.92. The van der Waals surface area contributed by atoms with E-state index in [1.807, 2.05) is 6.92 Å². The van der Waals surface area contributed by atoms with Crippen molar-refractivity contribution in [2.75, 3.05) is 0 Å². The molecule has 0 spiro atoms. The maximum absolute atomic E-state index is 12.1. The normalized spacial score (nSPS) is 14.6. The molecule has 0 aromatic carbocycles. The maximum Gasteiger partial charge on any atom is 0.389 e. The summed E-state index contributed by atoms with van der Waals surface area (Å²) in [6, 6.07) is 0. The van der Waals surface area contributed by atoms with Gasteiger partial charge < -0.3 is 0 Å². The highest BCUT2D eigenvalue weighted by Crippen LogP contribution is 2.28. The Morgan fingerprint density at radius 2 is 1.53 bits per heavy atom. The fourth-order valence-electron chi connectivity index (χ4n) is 1.78. The van der Waals surface area contributed by atoms with E-state index in [1.54, 1.807) is 0 Å². The Hall–Kier alpha value is -0.210. The molecule has 0 bridgehead atoms. The average molecular weight is 224 g/mol. The summed E-state index contributed by atoms with van der Waals surface area (Å²) >= 11 is 0. The van der Waals surface area contributed by atoms with Crippen LogP contribution in [0.25, 0.3) is 0 Å². The highest BCUT2D eigenvalue weighted by Gasteiger charge is 2.27. The van der Waals surface area contributed by atoms with E-state index in [-0.39, 0.29) is 5.92 Å². The summed E-state index contributed by atoms with van der Waals surface area (Å²) in [5, 5.41) is 0. The van der Waals surface area contributed by atoms with Crippen LogP contribution in [0.2, 0.25) is 0 Å². The molecule has 0 fully saturated rings. The summed E-state index contributed by atoms with van der Waals surface area (Å²) in [5.41, 5.74) is 0. The van der Waals surface area contributed by atoms with Crippen molar-refractivity contribution < 1.29 is 13.2 Å². The summed E-state index contributed by atoms with van der Waals surface area (Å²) in [4.78, 5) is 0. The van der Waals surface area contributed by atoms with Crippen molar-refractivity contribution in [1.82, 2.24) is 0 Å². The van der Waals surface area contributed by atoms with Gasteiger partial charge in [0.25, 0.3) is 0 Å². The highest BCUT2D eigenvalue weighted by molar-refractivity contribution is 4.63. The van der Waals surface area contributed by atoms with Crippen LogP contribution in [0.15, 0.2) is 0 Å². The zero-order valence-corrected chi connectivity index (χ0v) is 10.0. The topological polar surface area (TPSA) is 0 Å². The zero-order chi connectivity index (χ0) is 11.9. The van der Waals surface area contributed by atoms with Crippen molar-refractivity contribution >= 4 is 0 Å². The lowest BCUT2D eigenvalue weighted by molar-refractivity contribution is -0.137. The van der Waals surface area contributed by atoms with Crippen LogP contribution < -0.4 is 0 Å². The first-order chi connectivity index (χ1) is 6.85. The first kappa shape index (κ1) is 14.8. The number of alkyl halides is 3. The van der Waals surface area contributed by atoms with Gasteiger partial charge in [0.15, 0.2) is 0 Å². The SMILES string of the molecule is CCCC(CCC(C)C)CCC(F)(F)F. The predicted octanol–water partition coefficient (Wildman–Crippen LogP) is 5.18. The van der Waals surface area contributed by atoms with E-state index in [4.69, 9.17) is 0 Å². The van der Waals surface area contributed by atoms with Gasteiger partial charge in [-0.3, -0.25) is 0 Å². The molecule has 92 valence electrons. The lowest BCUT2D eigenvalue weighted by Gasteiger charge is -2.18. The summed E-state index contributed by atoms with van der Waals surface area (Å²) < 4.78 is 36.2. The molecule has 0 saturated carbocycles. The molecule has 3 heteroatoms. The zero-order valence-electron chi connectivity index (χ0n) is 10.0. The van der Waals surface area contributed by atoms with Gasteiger partial charge in [0.1, 0.15) is 0 Å². The van der Waals surface area contributed by atoms with Crippen molar-refractivity contribution in [1.29, 1.82) is 0 Å². The quantitative estimate of drug-likeness (QED) is 0.559. The molecule has 0 aromatic heterocycles. The van der Waals surface area contributed by atoms with Crippen LogP contribution in [0.3, 0.4) is 0 Å². The lowest BCUT2D eigenvalue weighted by Crippen LogP contribution is -2.11. The van der Waals surface area contributed by atoms with Gasteiger partial charge >= 0.3 is 6.18 Å². The average Bonchev–Trinajstić information content (AvgIpc) is 2.08. The van der Waals surface area contributed by atoms with Crippen LogP contribution in [0.5, 0.6) is 0 Å². The lowest BCUT2D eigenvalue weighted by atomic mass is 9.90. The Balaban J connectivity index is 3.82. The summed E-state index contributed by atoms with van der Waals surface area (Å²) in [7, 11) is 0. The van der Waals surface area contributed by atoms with Gasteiger partial charge in [-0.15, -0.1) is 0 Å². The fraction of sp³-hybridized carbons (Fsp3) is 1.00. The highest BCUT2D eigenvalue weighted by atomic mass is 19.4. The summed E-state index contributed by atoms with van der Waals surface area (Å²) in [6.45, 7) is 6.27. The Bertz CT molecular complexity index is 149. The third kappa shape index (κ3) is 10.1. The largest absolute Gasteiger partial charge is 0.389 e. The molecule has 15 heavy (non-hydrogen) atoms. The van der Waals surface area contributed by atoms with Crippen LogP contribution in [0.1, 0.15) is 59.3 Å². The molecular formula is C12H23F3. The third-order valence-corrected chi connectivity index (χ3v) is 2.69. The van der Waals surface area contributed by atoms with Gasteiger partial charge in [-0.2, -0.15) is 13.2 Å². The smallest absolute Gasteiger partial charge is 0.171 e. The Morgan fingerprint density at radius 3 is 1.93 bits per heavy atom. The summed E-state index contributed by atoms with van der Waals surface area (Å²) in [6.07, 6.45) is -0.378. The second-order valence-electron chi connectivity index (χ2n) is 4.78. The first-order valence-corrected chi connectivity index (χ1v) is 5.92. The number of halogens is 3. The molecule has 0 aliphatic carbocycles. The minimum atomic E-state index is -3.98. The molecule has 0 N–H and O–H groups in total. The van der Waals surface area contributed by atoms with Gasteiger partial charge in [0.2, 0.25) is 0 Å². The second-order valence-corrected chi connectivity index (χ2v) is 4.78. The van der Waals surface area contributed by atoms with Crippen LogP contribution >= 0.6 is 0 Å². The monoisotopic (exact) mass is 224 g/mol. The van der Waals surface area contributed by atoms with Gasteiger partial charge in [0, 0.05) is 6.42 Å². The van der Waals surface area contributed by atoms with E-state index in [1.165, 1.54) is 0 Å². The van der Waals surface area contributed by atoms with Crippen molar-refractivity contribution in [3.63, 3.8) is 0 Å². The van der Waals surface area contributed by atoms with E-state index in [0.29, 0.717) is 12.3 Å². The van der Waals surface area contributed by atoms with Crippen molar-refractivity contribution in [3.05, 3.63) is 0 Å². The molecule has 0 aromatic rings. The maximum atomic E-state index is 12.1. The van der Waals surface area contributed by atoms with Crippen LogP contribution in [-0.2, 0) is 0 Å². The standard InChI is InChI=1S/C12H23F3/c1-4-5-11(7-6-10(2)3)8-9-12(13,14)15/h10-11H,4-9H2,1-3H3. The van der Waals surface area contributed by atoms with Crippen LogP contribution in [-0.4, -0.2) is 6.18 Å². The van der Waals surface area contributed by atoms with Crippen LogP contribution in [0.4, 0.5) is 13.2 Å². The van der Waals surface area contributed by atoms with Crippen LogP contribution in [0, 0.1) is 11.8 Å². The molecule has 1 unspecified atom stereocenters. The molecule has 0 amide bonds. The predicted molar refractivity (Wildman–Crippen MR) is 57.8 cm³/mol. The molecule has 0 saturated heterocycles. The van der Waals surface area contributed by atoms with Gasteiger partial charge in [0.05, 0.1) is 0 Å². The molecule has 0 nitrogen and oxygen atoms in total. The third-order valence-electron chi connectivity index (χ3n) is 2.69. The molecule has 0 aliphatic heterocycles. The van der Waals surface area contributed by atoms with E-state index >= 15 is 0 Å². The Labute approximate surface area is 91.3 Å². The van der Waals surface area contributed by atoms with E-state index in [2.05, 4.69) is 13.8 Å².